The molecule has 14 heteroatoms. The van der Waals surface area contributed by atoms with Gasteiger partial charge in [-0.05, 0) is 12.5 Å². The number of nitrogens with one attached hydrogen (secondary N) is 3. The normalized spacial score (nSPS) is 14.5. The summed E-state index contributed by atoms with van der Waals surface area (Å²) in [6.07, 6.45) is 2.97. The molecule has 250 valence electrons. The van der Waals surface area contributed by atoms with Crippen molar-refractivity contribution < 1.29 is 19.0 Å². The number of benzene rings is 2. The number of nitrogens with zero attached hydrogens (tertiary/aromatic N) is 4. The summed E-state index contributed by atoms with van der Waals surface area (Å²) in [4.78, 5) is 29.2. The second-order valence-corrected chi connectivity index (χ2v) is 12.2. The molecule has 2 aromatic carbocycles. The summed E-state index contributed by atoms with van der Waals surface area (Å²) in [5.74, 6) is 0.151. The van der Waals surface area contributed by atoms with Crippen LogP contribution in [0.3, 0.4) is 0 Å². The Morgan fingerprint density at radius 1 is 1.04 bits per heavy atom. The summed E-state index contributed by atoms with van der Waals surface area (Å²) in [6.45, 7) is 1.33. The summed E-state index contributed by atoms with van der Waals surface area (Å²) in [5, 5.41) is 23.5. The largest absolute Gasteiger partial charge is 0.481 e. The highest BCUT2D eigenvalue weighted by atomic mass is 35.5. The minimum Gasteiger partial charge on any atom is -0.481 e. The number of carbonyl (C=O) groups is 1. The Kier molecular flexibility index (Phi) is 10.1. The van der Waals surface area contributed by atoms with Gasteiger partial charge in [-0.1, -0.05) is 59.6 Å². The molecule has 3 aromatic heterocycles. The molecule has 4 heterocycles. The van der Waals surface area contributed by atoms with Crippen molar-refractivity contribution in [2.45, 2.75) is 32.0 Å². The van der Waals surface area contributed by atoms with Gasteiger partial charge in [0, 0.05) is 79.2 Å². The first-order valence-corrected chi connectivity index (χ1v) is 16.2. The highest BCUT2D eigenvalue weighted by Gasteiger charge is 2.23. The van der Waals surface area contributed by atoms with Crippen molar-refractivity contribution in [2.75, 3.05) is 26.8 Å². The van der Waals surface area contributed by atoms with Crippen molar-refractivity contribution in [3.8, 4) is 39.4 Å². The van der Waals surface area contributed by atoms with Gasteiger partial charge < -0.3 is 25.8 Å². The lowest BCUT2D eigenvalue weighted by molar-refractivity contribution is -0.119. The molecule has 0 aliphatic carbocycles. The first-order valence-electron chi connectivity index (χ1n) is 15.4. The van der Waals surface area contributed by atoms with Crippen LogP contribution in [0.1, 0.15) is 24.2 Å². The maximum absolute atomic E-state index is 15.5. The minimum absolute atomic E-state index is 0.00448. The molecule has 1 aliphatic rings. The average molecular weight is 695 g/mol. The molecule has 1 aliphatic heterocycles. The lowest BCUT2D eigenvalue weighted by Gasteiger charge is -2.16. The Labute approximate surface area is 285 Å². The van der Waals surface area contributed by atoms with E-state index in [1.807, 2.05) is 24.3 Å². The number of carbonyl (C=O) groups excluding carboxylic acids is 1. The van der Waals surface area contributed by atoms with Crippen LogP contribution in [-0.2, 0) is 24.9 Å². The zero-order valence-corrected chi connectivity index (χ0v) is 27.8. The molecule has 48 heavy (non-hydrogen) atoms. The molecule has 1 fully saturated rings. The molecule has 6 rings (SSSR count). The van der Waals surface area contributed by atoms with Crippen molar-refractivity contribution in [3.05, 3.63) is 92.3 Å². The van der Waals surface area contributed by atoms with Crippen molar-refractivity contribution in [1.82, 2.24) is 35.1 Å². The molecule has 0 bridgehead atoms. The number of hydrogen-bond donors (Lipinski definition) is 4. The zero-order chi connectivity index (χ0) is 33.9. The fraction of sp³-hybridized carbons (Fsp3) is 0.294. The lowest BCUT2D eigenvalue weighted by Crippen LogP contribution is -2.35. The molecule has 1 saturated heterocycles. The number of amides is 1. The number of ether oxygens (including phenoxy) is 1. The van der Waals surface area contributed by atoms with Gasteiger partial charge in [0.05, 0.1) is 41.6 Å². The third-order valence-corrected chi connectivity index (χ3v) is 9.20. The number of rotatable bonds is 12. The summed E-state index contributed by atoms with van der Waals surface area (Å²) < 4.78 is 24.0. The highest BCUT2D eigenvalue weighted by molar-refractivity contribution is 6.39. The van der Waals surface area contributed by atoms with Crippen molar-refractivity contribution in [1.29, 1.82) is 0 Å². The number of pyridine rings is 1. The van der Waals surface area contributed by atoms with Crippen molar-refractivity contribution in [2.24, 2.45) is 7.05 Å². The molecular formula is C34H34Cl2FN7O4. The van der Waals surface area contributed by atoms with Crippen LogP contribution in [0, 0.1) is 5.82 Å². The van der Waals surface area contributed by atoms with E-state index in [0.29, 0.717) is 81.0 Å². The lowest BCUT2D eigenvalue weighted by atomic mass is 9.97. The number of halogens is 3. The molecule has 0 unspecified atom stereocenters. The number of aliphatic hydroxyl groups excluding tert-OH is 1. The van der Waals surface area contributed by atoms with Gasteiger partial charge in [-0.2, -0.15) is 5.10 Å². The van der Waals surface area contributed by atoms with E-state index in [9.17, 15) is 9.59 Å². The maximum Gasteiger partial charge on any atom is 0.277 e. The van der Waals surface area contributed by atoms with Gasteiger partial charge in [0.15, 0.2) is 0 Å². The Hall–Kier alpha value is -4.33. The van der Waals surface area contributed by atoms with E-state index in [-0.39, 0.29) is 42.1 Å². The van der Waals surface area contributed by atoms with E-state index in [2.05, 4.69) is 26.0 Å². The van der Waals surface area contributed by atoms with E-state index >= 15 is 4.39 Å². The average Bonchev–Trinajstić information content (AvgIpc) is 3.70. The van der Waals surface area contributed by atoms with E-state index in [1.54, 1.807) is 31.4 Å². The van der Waals surface area contributed by atoms with E-state index in [4.69, 9.17) is 33.0 Å². The monoisotopic (exact) mass is 693 g/mol. The van der Waals surface area contributed by atoms with Crippen LogP contribution in [0.2, 0.25) is 10.0 Å². The maximum atomic E-state index is 15.5. The van der Waals surface area contributed by atoms with Crippen LogP contribution in [0.4, 0.5) is 4.39 Å². The molecule has 0 spiro atoms. The zero-order valence-electron chi connectivity index (χ0n) is 26.3. The Morgan fingerprint density at radius 2 is 1.75 bits per heavy atom. The van der Waals surface area contributed by atoms with E-state index in [1.165, 1.54) is 22.3 Å². The predicted molar refractivity (Wildman–Crippen MR) is 183 cm³/mol. The predicted octanol–water partition coefficient (Wildman–Crippen LogP) is 4.33. The van der Waals surface area contributed by atoms with Crippen LogP contribution in [0.25, 0.3) is 39.0 Å². The van der Waals surface area contributed by atoms with Crippen molar-refractivity contribution >= 4 is 34.6 Å². The summed E-state index contributed by atoms with van der Waals surface area (Å²) >= 11 is 14.0. The molecule has 1 atom stereocenters. The first kappa shape index (κ1) is 33.6. The standard InChI is InChI=1S/C34H34Cl2FN7O4/c1-43-29(17-38-11-12-45)42-44-18-19(13-28(44)34(43)47)21-5-3-6-22(31(21)35)23-7-4-8-24(32(23)36)27-14-26(37)25(33(41-27)48-2)16-39-15-20-9-10-30(46)40-20/h3-8,13-14,18,20,38-39,45H,9-12,15-17H2,1-2H3,(H,40,46)/t20-/m0/s1. The van der Waals surface area contributed by atoms with Gasteiger partial charge in [-0.3, -0.25) is 14.2 Å². The third kappa shape index (κ3) is 6.67. The topological polar surface area (TPSA) is 135 Å². The van der Waals surface area contributed by atoms with Crippen LogP contribution in [-0.4, -0.2) is 63.0 Å². The number of aliphatic hydroxyl groups is 1. The van der Waals surface area contributed by atoms with Crippen molar-refractivity contribution in [3.63, 3.8) is 0 Å². The van der Waals surface area contributed by atoms with Crippen LogP contribution >= 0.6 is 23.2 Å². The fourth-order valence-electron chi connectivity index (χ4n) is 5.84. The van der Waals surface area contributed by atoms with Crippen LogP contribution in [0.15, 0.2) is 59.5 Å². The summed E-state index contributed by atoms with van der Waals surface area (Å²) in [7, 11) is 3.08. The molecule has 5 aromatic rings. The molecule has 0 saturated carbocycles. The second-order valence-electron chi connectivity index (χ2n) is 11.5. The summed E-state index contributed by atoms with van der Waals surface area (Å²) in [5.41, 5.74) is 3.82. The fourth-order valence-corrected chi connectivity index (χ4v) is 6.50. The van der Waals surface area contributed by atoms with Crippen LogP contribution in [0.5, 0.6) is 5.88 Å². The quantitative estimate of drug-likeness (QED) is 0.142. The van der Waals surface area contributed by atoms with Gasteiger partial charge >= 0.3 is 0 Å². The molecule has 1 amide bonds. The van der Waals surface area contributed by atoms with Gasteiger partial charge in [-0.15, -0.1) is 0 Å². The van der Waals surface area contributed by atoms with Gasteiger partial charge in [0.2, 0.25) is 11.8 Å². The van der Waals surface area contributed by atoms with Gasteiger partial charge in [0.25, 0.3) is 5.56 Å². The van der Waals surface area contributed by atoms with Gasteiger partial charge in [-0.25, -0.2) is 13.9 Å². The SMILES string of the molecule is COc1nc(-c2cccc(-c3cccc(-c4cc5c(=O)n(C)c(CNCCO)nn5c4)c3Cl)c2Cl)cc(F)c1CNC[C@@H]1CCC(=O)N1. The Balaban J connectivity index is 1.31. The Morgan fingerprint density at radius 3 is 2.44 bits per heavy atom. The van der Waals surface area contributed by atoms with Gasteiger partial charge in [0.1, 0.15) is 17.2 Å². The number of aromatic nitrogens is 4. The number of hydrogen-bond acceptors (Lipinski definition) is 8. The third-order valence-electron chi connectivity index (χ3n) is 8.38. The summed E-state index contributed by atoms with van der Waals surface area (Å²) in [6, 6.07) is 14.0. The molecule has 11 nitrogen and oxygen atoms in total. The first-order chi connectivity index (χ1) is 23.2. The van der Waals surface area contributed by atoms with Crippen LogP contribution < -0.4 is 26.2 Å². The Bertz CT molecular complexity index is 2070. The second kappa shape index (κ2) is 14.4. The smallest absolute Gasteiger partial charge is 0.277 e. The highest BCUT2D eigenvalue weighted by Crippen LogP contribution is 2.42. The molecular weight excluding hydrogens is 660 g/mol. The number of fused-ring (bicyclic) bond motifs is 1. The molecule has 4 N–H and O–H groups in total. The van der Waals surface area contributed by atoms with E-state index in [0.717, 1.165) is 6.42 Å². The minimum atomic E-state index is -0.505. The van der Waals surface area contributed by atoms with E-state index < -0.39 is 5.82 Å². The number of methoxy groups -OCH3 is 1. The molecule has 0 radical (unpaired) electrons.